The fourth-order valence-corrected chi connectivity index (χ4v) is 3.31. The molecule has 6 heteroatoms. The Balaban J connectivity index is 3.28. The maximum Gasteiger partial charge on any atom is 0.416 e. The van der Waals surface area contributed by atoms with E-state index in [4.69, 9.17) is 4.74 Å². The Bertz CT molecular complexity index is 512. The number of amides is 2. The summed E-state index contributed by atoms with van der Waals surface area (Å²) in [5, 5.41) is 0. The highest BCUT2D eigenvalue weighted by molar-refractivity contribution is 5.96. The molecule has 0 radical (unpaired) electrons. The van der Waals surface area contributed by atoms with Gasteiger partial charge in [-0.3, -0.25) is 14.6 Å². The first-order valence-corrected chi connectivity index (χ1v) is 8.95. The molecule has 0 saturated carbocycles. The molecule has 2 atom stereocenters. The molecule has 0 aromatic heterocycles. The van der Waals surface area contributed by atoms with Crippen molar-refractivity contribution in [3.05, 3.63) is 50.6 Å². The molecular formula is C20H31N3O3. The van der Waals surface area contributed by atoms with Crippen LogP contribution >= 0.6 is 0 Å². The molecule has 6 nitrogen and oxygen atoms in total. The number of carbonyl (C=O) groups is 2. The minimum absolute atomic E-state index is 0.119. The van der Waals surface area contributed by atoms with Gasteiger partial charge in [0.1, 0.15) is 12.6 Å². The number of carbonyl (C=O) groups excluding carboxylic acids is 2. The third-order valence-corrected chi connectivity index (χ3v) is 4.38. The highest BCUT2D eigenvalue weighted by Crippen LogP contribution is 2.20. The maximum absolute atomic E-state index is 13.3. The molecule has 0 aromatic rings. The summed E-state index contributed by atoms with van der Waals surface area (Å²) >= 11 is 0. The normalized spacial score (nSPS) is 16.3. The van der Waals surface area contributed by atoms with E-state index in [9.17, 15) is 9.59 Å². The Morgan fingerprint density at radius 2 is 1.58 bits per heavy atom. The van der Waals surface area contributed by atoms with Crippen LogP contribution in [0, 0.1) is 0 Å². The predicted molar refractivity (Wildman–Crippen MR) is 105 cm³/mol. The molecule has 26 heavy (non-hydrogen) atoms. The second kappa shape index (κ2) is 11.4. The lowest BCUT2D eigenvalue weighted by Crippen LogP contribution is -2.59. The minimum Gasteiger partial charge on any atom is -0.447 e. The highest BCUT2D eigenvalue weighted by atomic mass is 16.6. The van der Waals surface area contributed by atoms with E-state index in [1.165, 1.54) is 4.90 Å². The molecule has 2 amide bonds. The largest absolute Gasteiger partial charge is 0.447 e. The van der Waals surface area contributed by atoms with Crippen molar-refractivity contribution in [2.75, 3.05) is 39.3 Å². The lowest BCUT2D eigenvalue weighted by molar-refractivity contribution is -0.135. The number of imide groups is 1. The molecule has 0 spiro atoms. The first-order chi connectivity index (χ1) is 12.5. The molecule has 0 aromatic carbocycles. The van der Waals surface area contributed by atoms with Crippen molar-refractivity contribution in [3.8, 4) is 0 Å². The summed E-state index contributed by atoms with van der Waals surface area (Å²) in [5.74, 6) is -0.249. The Hall–Kier alpha value is -2.18. The fraction of sp³-hybridized carbons (Fsp3) is 0.500. The fourth-order valence-electron chi connectivity index (χ4n) is 3.31. The van der Waals surface area contributed by atoms with Gasteiger partial charge in [0, 0.05) is 32.2 Å². The van der Waals surface area contributed by atoms with Crippen LogP contribution in [0.3, 0.4) is 0 Å². The predicted octanol–water partition coefficient (Wildman–Crippen LogP) is 2.46. The van der Waals surface area contributed by atoms with Crippen LogP contribution in [0.25, 0.3) is 0 Å². The second-order valence-electron chi connectivity index (χ2n) is 6.09. The SMILES string of the molecule is C=CCN(CC=C)[C@H](C(=O)N1CCOC1=O)[C@H](CC)N(CC=C)CC=C. The number of nitrogens with zero attached hydrogens (tertiary/aromatic N) is 3. The van der Waals surface area contributed by atoms with Gasteiger partial charge >= 0.3 is 6.09 Å². The summed E-state index contributed by atoms with van der Waals surface area (Å²) in [4.78, 5) is 30.6. The number of rotatable bonds is 13. The zero-order valence-electron chi connectivity index (χ0n) is 15.8. The summed E-state index contributed by atoms with van der Waals surface area (Å²) < 4.78 is 4.97. The summed E-state index contributed by atoms with van der Waals surface area (Å²) in [5.41, 5.74) is 0. The Labute approximate surface area is 157 Å². The molecule has 1 heterocycles. The van der Waals surface area contributed by atoms with Crippen LogP contribution in [0.15, 0.2) is 50.6 Å². The van der Waals surface area contributed by atoms with Crippen LogP contribution in [-0.4, -0.2) is 78.1 Å². The Kier molecular flexibility index (Phi) is 9.62. The minimum atomic E-state index is -0.578. The molecule has 0 bridgehead atoms. The zero-order valence-corrected chi connectivity index (χ0v) is 15.8. The van der Waals surface area contributed by atoms with Gasteiger partial charge in [0.25, 0.3) is 5.91 Å². The molecule has 0 N–H and O–H groups in total. The molecule has 1 fully saturated rings. The van der Waals surface area contributed by atoms with Crippen molar-refractivity contribution in [3.63, 3.8) is 0 Å². The molecule has 1 aliphatic rings. The molecule has 1 saturated heterocycles. The van der Waals surface area contributed by atoms with Crippen molar-refractivity contribution in [2.45, 2.75) is 25.4 Å². The Morgan fingerprint density at radius 3 is 1.96 bits per heavy atom. The van der Waals surface area contributed by atoms with Gasteiger partial charge in [-0.2, -0.15) is 0 Å². The standard InChI is InChI=1S/C20H31N3O3/c1-6-11-21(12-7-2)17(10-5)18(22(13-8-3)14-9-4)19(24)23-15-16-26-20(23)25/h6-9,17-18H,1-4,10-16H2,5H3/t17-,18-/m0/s1. The van der Waals surface area contributed by atoms with Crippen molar-refractivity contribution in [1.82, 2.24) is 14.7 Å². The molecular weight excluding hydrogens is 330 g/mol. The highest BCUT2D eigenvalue weighted by Gasteiger charge is 2.41. The number of ether oxygens (including phenoxy) is 1. The van der Waals surface area contributed by atoms with Gasteiger partial charge < -0.3 is 4.74 Å². The number of hydrogen-bond donors (Lipinski definition) is 0. The molecule has 0 aliphatic carbocycles. The van der Waals surface area contributed by atoms with Gasteiger partial charge in [0.05, 0.1) is 6.54 Å². The van der Waals surface area contributed by atoms with Crippen molar-refractivity contribution >= 4 is 12.0 Å². The van der Waals surface area contributed by atoms with Gasteiger partial charge in [-0.05, 0) is 6.42 Å². The molecule has 144 valence electrons. The molecule has 1 rings (SSSR count). The van der Waals surface area contributed by atoms with Crippen molar-refractivity contribution in [1.29, 1.82) is 0 Å². The van der Waals surface area contributed by atoms with E-state index < -0.39 is 12.1 Å². The molecule has 0 unspecified atom stereocenters. The monoisotopic (exact) mass is 361 g/mol. The maximum atomic E-state index is 13.3. The van der Waals surface area contributed by atoms with Crippen molar-refractivity contribution < 1.29 is 14.3 Å². The van der Waals surface area contributed by atoms with E-state index in [0.29, 0.717) is 26.2 Å². The Morgan fingerprint density at radius 1 is 1.08 bits per heavy atom. The topological polar surface area (TPSA) is 53.1 Å². The van der Waals surface area contributed by atoms with Crippen LogP contribution in [0.4, 0.5) is 4.79 Å². The van der Waals surface area contributed by atoms with Gasteiger partial charge in [-0.1, -0.05) is 31.2 Å². The zero-order chi connectivity index (χ0) is 19.5. The van der Waals surface area contributed by atoms with E-state index >= 15 is 0 Å². The van der Waals surface area contributed by atoms with Crippen molar-refractivity contribution in [2.24, 2.45) is 0 Å². The van der Waals surface area contributed by atoms with Gasteiger partial charge in [0.15, 0.2) is 0 Å². The number of cyclic esters (lactones) is 1. The molecule has 1 aliphatic heterocycles. The van der Waals surface area contributed by atoms with E-state index in [1.807, 2.05) is 24.0 Å². The van der Waals surface area contributed by atoms with E-state index in [0.717, 1.165) is 6.42 Å². The van der Waals surface area contributed by atoms with E-state index in [-0.39, 0.29) is 25.1 Å². The smallest absolute Gasteiger partial charge is 0.416 e. The van der Waals surface area contributed by atoms with Crippen LogP contribution in [0.5, 0.6) is 0 Å². The summed E-state index contributed by atoms with van der Waals surface area (Å²) in [6.07, 6.45) is 7.28. The van der Waals surface area contributed by atoms with Crippen LogP contribution in [-0.2, 0) is 9.53 Å². The summed E-state index contributed by atoms with van der Waals surface area (Å²) in [6.45, 7) is 20.1. The third-order valence-electron chi connectivity index (χ3n) is 4.38. The lowest BCUT2D eigenvalue weighted by atomic mass is 9.99. The summed E-state index contributed by atoms with van der Waals surface area (Å²) in [6, 6.07) is -0.645. The van der Waals surface area contributed by atoms with E-state index in [1.54, 1.807) is 12.2 Å². The quantitative estimate of drug-likeness (QED) is 0.472. The van der Waals surface area contributed by atoms with Gasteiger partial charge in [-0.25, -0.2) is 9.69 Å². The lowest BCUT2D eigenvalue weighted by Gasteiger charge is -2.41. The van der Waals surface area contributed by atoms with E-state index in [2.05, 4.69) is 31.2 Å². The third kappa shape index (κ3) is 5.41. The average molecular weight is 361 g/mol. The summed E-state index contributed by atoms with van der Waals surface area (Å²) in [7, 11) is 0. The van der Waals surface area contributed by atoms with Crippen LogP contribution in [0.2, 0.25) is 0 Å². The number of hydrogen-bond acceptors (Lipinski definition) is 5. The first-order valence-electron chi connectivity index (χ1n) is 8.95. The first kappa shape index (κ1) is 21.9. The second-order valence-corrected chi connectivity index (χ2v) is 6.09. The van der Waals surface area contributed by atoms with Gasteiger partial charge in [0.2, 0.25) is 0 Å². The average Bonchev–Trinajstić information content (AvgIpc) is 3.05. The van der Waals surface area contributed by atoms with Gasteiger partial charge in [-0.15, -0.1) is 26.3 Å². The van der Waals surface area contributed by atoms with Crippen LogP contribution < -0.4 is 0 Å². The van der Waals surface area contributed by atoms with Crippen LogP contribution in [0.1, 0.15) is 13.3 Å².